The summed E-state index contributed by atoms with van der Waals surface area (Å²) >= 11 is 5.94. The highest BCUT2D eigenvalue weighted by molar-refractivity contribution is 6.30. The largest absolute Gasteiger partial charge is 0.356 e. The Morgan fingerprint density at radius 2 is 1.71 bits per heavy atom. The average molecular weight is 339 g/mol. The zero-order valence-electron chi connectivity index (χ0n) is 13.4. The molecule has 1 aliphatic heterocycles. The second kappa shape index (κ2) is 6.65. The van der Waals surface area contributed by atoms with Gasteiger partial charge in [0.05, 0.1) is 5.52 Å². The molecule has 0 amide bonds. The van der Waals surface area contributed by atoms with Gasteiger partial charge >= 0.3 is 0 Å². The SMILES string of the molecule is Clc1ccc(CNc2nc(N3CCCC3)c3ccccc3n2)cc1. The Labute approximate surface area is 146 Å². The minimum atomic E-state index is 0.672. The van der Waals surface area contributed by atoms with E-state index < -0.39 is 0 Å². The summed E-state index contributed by atoms with van der Waals surface area (Å²) in [6.45, 7) is 2.81. The first-order valence-electron chi connectivity index (χ1n) is 8.30. The molecule has 0 atom stereocenters. The van der Waals surface area contributed by atoms with Crippen LogP contribution < -0.4 is 10.2 Å². The summed E-state index contributed by atoms with van der Waals surface area (Å²) < 4.78 is 0. The number of nitrogens with zero attached hydrogens (tertiary/aromatic N) is 3. The van der Waals surface area contributed by atoms with Crippen molar-refractivity contribution in [2.75, 3.05) is 23.3 Å². The van der Waals surface area contributed by atoms with Crippen molar-refractivity contribution in [2.24, 2.45) is 0 Å². The quantitative estimate of drug-likeness (QED) is 0.760. The molecule has 0 radical (unpaired) electrons. The van der Waals surface area contributed by atoms with Crippen molar-refractivity contribution >= 4 is 34.3 Å². The maximum absolute atomic E-state index is 5.94. The van der Waals surface area contributed by atoms with Gasteiger partial charge in [-0.2, -0.15) is 4.98 Å². The van der Waals surface area contributed by atoms with Gasteiger partial charge in [-0.05, 0) is 42.7 Å². The molecule has 5 heteroatoms. The number of aromatic nitrogens is 2. The van der Waals surface area contributed by atoms with E-state index in [0.29, 0.717) is 12.5 Å². The lowest BCUT2D eigenvalue weighted by Gasteiger charge is -2.19. The van der Waals surface area contributed by atoms with Gasteiger partial charge in [0.15, 0.2) is 0 Å². The van der Waals surface area contributed by atoms with Crippen molar-refractivity contribution in [3.05, 3.63) is 59.1 Å². The zero-order chi connectivity index (χ0) is 16.4. The number of benzene rings is 2. The van der Waals surface area contributed by atoms with Gasteiger partial charge < -0.3 is 10.2 Å². The Balaban J connectivity index is 1.64. The number of anilines is 2. The summed E-state index contributed by atoms with van der Waals surface area (Å²) in [5, 5.41) is 5.21. The summed E-state index contributed by atoms with van der Waals surface area (Å²) in [6, 6.07) is 16.0. The molecule has 24 heavy (non-hydrogen) atoms. The van der Waals surface area contributed by atoms with Crippen LogP contribution in [0, 0.1) is 0 Å². The molecule has 1 fully saturated rings. The summed E-state index contributed by atoms with van der Waals surface area (Å²) in [5.41, 5.74) is 2.13. The molecule has 0 spiro atoms. The van der Waals surface area contributed by atoms with Gasteiger partial charge in [0.25, 0.3) is 0 Å². The molecule has 0 aliphatic carbocycles. The van der Waals surface area contributed by atoms with Crippen molar-refractivity contribution < 1.29 is 0 Å². The molecule has 3 aromatic rings. The molecule has 122 valence electrons. The van der Waals surface area contributed by atoms with Gasteiger partial charge in [0, 0.05) is 30.0 Å². The molecule has 1 N–H and O–H groups in total. The molecule has 4 rings (SSSR count). The number of nitrogens with one attached hydrogen (secondary N) is 1. The highest BCUT2D eigenvalue weighted by Crippen LogP contribution is 2.28. The van der Waals surface area contributed by atoms with Crippen molar-refractivity contribution in [3.63, 3.8) is 0 Å². The van der Waals surface area contributed by atoms with Gasteiger partial charge in [-0.25, -0.2) is 4.98 Å². The number of rotatable bonds is 4. The molecule has 0 bridgehead atoms. The van der Waals surface area contributed by atoms with E-state index in [1.54, 1.807) is 0 Å². The maximum Gasteiger partial charge on any atom is 0.225 e. The van der Waals surface area contributed by atoms with Crippen LogP contribution >= 0.6 is 11.6 Å². The minimum Gasteiger partial charge on any atom is -0.356 e. The fraction of sp³-hybridized carbons (Fsp3) is 0.263. The van der Waals surface area contributed by atoms with E-state index in [9.17, 15) is 0 Å². The lowest BCUT2D eigenvalue weighted by atomic mass is 10.2. The van der Waals surface area contributed by atoms with Crippen LogP contribution in [0.5, 0.6) is 0 Å². The number of hydrogen-bond donors (Lipinski definition) is 1. The van der Waals surface area contributed by atoms with Crippen LogP contribution in [0.3, 0.4) is 0 Å². The standard InChI is InChI=1S/C19H19ClN4/c20-15-9-7-14(8-10-15)13-21-19-22-17-6-2-1-5-16(17)18(23-19)24-11-3-4-12-24/h1-2,5-10H,3-4,11-13H2,(H,21,22,23). The normalized spacial score (nSPS) is 14.3. The van der Waals surface area contributed by atoms with E-state index in [-0.39, 0.29) is 0 Å². The Morgan fingerprint density at radius 1 is 0.958 bits per heavy atom. The lowest BCUT2D eigenvalue weighted by molar-refractivity contribution is 0.935. The van der Waals surface area contributed by atoms with Gasteiger partial charge in [0.1, 0.15) is 5.82 Å². The minimum absolute atomic E-state index is 0.672. The topological polar surface area (TPSA) is 41.1 Å². The number of halogens is 1. The van der Waals surface area contributed by atoms with Gasteiger partial charge in [-0.1, -0.05) is 35.9 Å². The average Bonchev–Trinajstić information content (AvgIpc) is 3.15. The predicted molar refractivity (Wildman–Crippen MR) is 99.8 cm³/mol. The Hall–Kier alpha value is -2.33. The lowest BCUT2D eigenvalue weighted by Crippen LogP contribution is -2.20. The molecule has 0 saturated carbocycles. The molecule has 1 saturated heterocycles. The second-order valence-corrected chi connectivity index (χ2v) is 6.50. The van der Waals surface area contributed by atoms with E-state index >= 15 is 0 Å². The van der Waals surface area contributed by atoms with E-state index in [1.807, 2.05) is 42.5 Å². The molecule has 2 heterocycles. The van der Waals surface area contributed by atoms with Gasteiger partial charge in [-0.15, -0.1) is 0 Å². The van der Waals surface area contributed by atoms with E-state index in [2.05, 4.69) is 21.3 Å². The van der Waals surface area contributed by atoms with Crippen molar-refractivity contribution in [3.8, 4) is 0 Å². The Kier molecular flexibility index (Phi) is 4.22. The van der Waals surface area contributed by atoms with Crippen molar-refractivity contribution in [2.45, 2.75) is 19.4 Å². The van der Waals surface area contributed by atoms with Crippen LogP contribution in [0.4, 0.5) is 11.8 Å². The first kappa shape index (κ1) is 15.2. The van der Waals surface area contributed by atoms with E-state index in [4.69, 9.17) is 16.6 Å². The highest BCUT2D eigenvalue weighted by atomic mass is 35.5. The van der Waals surface area contributed by atoms with Gasteiger partial charge in [0.2, 0.25) is 5.95 Å². The fourth-order valence-corrected chi connectivity index (χ4v) is 3.22. The van der Waals surface area contributed by atoms with Crippen molar-refractivity contribution in [1.29, 1.82) is 0 Å². The van der Waals surface area contributed by atoms with Crippen LogP contribution in [0.1, 0.15) is 18.4 Å². The van der Waals surface area contributed by atoms with Crippen LogP contribution in [-0.2, 0) is 6.54 Å². The molecule has 2 aromatic carbocycles. The first-order chi connectivity index (χ1) is 11.8. The smallest absolute Gasteiger partial charge is 0.225 e. The first-order valence-corrected chi connectivity index (χ1v) is 8.67. The number of fused-ring (bicyclic) bond motifs is 1. The van der Waals surface area contributed by atoms with Crippen LogP contribution in [0.25, 0.3) is 10.9 Å². The number of para-hydroxylation sites is 1. The molecule has 0 unspecified atom stereocenters. The molecular formula is C19H19ClN4. The van der Waals surface area contributed by atoms with Crippen molar-refractivity contribution in [1.82, 2.24) is 9.97 Å². The van der Waals surface area contributed by atoms with E-state index in [0.717, 1.165) is 40.4 Å². The monoisotopic (exact) mass is 338 g/mol. The fourth-order valence-electron chi connectivity index (χ4n) is 3.09. The van der Waals surface area contributed by atoms with Crippen LogP contribution in [0.2, 0.25) is 5.02 Å². The second-order valence-electron chi connectivity index (χ2n) is 6.06. The third kappa shape index (κ3) is 3.15. The summed E-state index contributed by atoms with van der Waals surface area (Å²) in [5.74, 6) is 1.71. The Bertz CT molecular complexity index is 842. The molecule has 4 nitrogen and oxygen atoms in total. The Morgan fingerprint density at radius 3 is 2.50 bits per heavy atom. The molecular weight excluding hydrogens is 320 g/mol. The zero-order valence-corrected chi connectivity index (χ0v) is 14.1. The molecule has 1 aromatic heterocycles. The third-order valence-corrected chi connectivity index (χ3v) is 4.60. The maximum atomic E-state index is 5.94. The number of hydrogen-bond acceptors (Lipinski definition) is 4. The summed E-state index contributed by atoms with van der Waals surface area (Å²) in [7, 11) is 0. The summed E-state index contributed by atoms with van der Waals surface area (Å²) in [6.07, 6.45) is 2.46. The van der Waals surface area contributed by atoms with E-state index in [1.165, 1.54) is 12.8 Å². The van der Waals surface area contributed by atoms with Gasteiger partial charge in [-0.3, -0.25) is 0 Å². The molecule has 1 aliphatic rings. The summed E-state index contributed by atoms with van der Waals surface area (Å²) in [4.78, 5) is 11.8. The highest BCUT2D eigenvalue weighted by Gasteiger charge is 2.17. The van der Waals surface area contributed by atoms with Crippen LogP contribution in [-0.4, -0.2) is 23.1 Å². The van der Waals surface area contributed by atoms with Crippen LogP contribution in [0.15, 0.2) is 48.5 Å². The third-order valence-electron chi connectivity index (χ3n) is 4.35. The predicted octanol–water partition coefficient (Wildman–Crippen LogP) is 4.50.